The monoisotopic (exact) mass is 288 g/mol. The number of aryl methyl sites for hydroxylation is 1. The fourth-order valence-electron chi connectivity index (χ4n) is 1.62. The predicted octanol–water partition coefficient (Wildman–Crippen LogP) is 3.41. The van der Waals surface area contributed by atoms with Gasteiger partial charge in [0, 0.05) is 22.8 Å². The smallest absolute Gasteiger partial charge is 0.339 e. The Labute approximate surface area is 120 Å². The minimum absolute atomic E-state index is 0.0313. The molecule has 0 spiro atoms. The Morgan fingerprint density at radius 2 is 2.15 bits per heavy atom. The van der Waals surface area contributed by atoms with Crippen molar-refractivity contribution in [3.63, 3.8) is 0 Å². The topological polar surface area (TPSA) is 83.2 Å². The zero-order valence-corrected chi connectivity index (χ0v) is 11.2. The van der Waals surface area contributed by atoms with Gasteiger partial charge < -0.3 is 9.84 Å². The van der Waals surface area contributed by atoms with Gasteiger partial charge in [0.2, 0.25) is 5.88 Å². The van der Waals surface area contributed by atoms with Gasteiger partial charge in [-0.3, -0.25) is 0 Å². The van der Waals surface area contributed by atoms with E-state index in [1.807, 2.05) is 6.07 Å². The number of hydrogen-bond acceptors (Lipinski definition) is 4. The van der Waals surface area contributed by atoms with Crippen molar-refractivity contribution in [2.75, 3.05) is 0 Å². The number of carbonyl (C=O) groups is 1. The van der Waals surface area contributed by atoms with Crippen LogP contribution in [0.25, 0.3) is 0 Å². The summed E-state index contributed by atoms with van der Waals surface area (Å²) in [6, 6.07) is 9.21. The Bertz CT molecular complexity index is 723. The summed E-state index contributed by atoms with van der Waals surface area (Å²) < 4.78 is 5.45. The quantitative estimate of drug-likeness (QED) is 0.935. The van der Waals surface area contributed by atoms with Gasteiger partial charge in [-0.25, -0.2) is 9.78 Å². The molecule has 1 heterocycles. The van der Waals surface area contributed by atoms with E-state index in [0.29, 0.717) is 16.3 Å². The number of halogens is 1. The lowest BCUT2D eigenvalue weighted by Crippen LogP contribution is -2.01. The molecule has 2 rings (SSSR count). The molecule has 0 fully saturated rings. The van der Waals surface area contributed by atoms with Crippen LogP contribution in [0.5, 0.6) is 11.6 Å². The van der Waals surface area contributed by atoms with Gasteiger partial charge in [0.05, 0.1) is 11.6 Å². The van der Waals surface area contributed by atoms with E-state index in [2.05, 4.69) is 4.98 Å². The molecule has 100 valence electrons. The maximum absolute atomic E-state index is 11.1. The Morgan fingerprint density at radius 3 is 2.80 bits per heavy atom. The van der Waals surface area contributed by atoms with Gasteiger partial charge in [-0.2, -0.15) is 5.26 Å². The van der Waals surface area contributed by atoms with E-state index in [9.17, 15) is 4.79 Å². The number of carboxylic acids is 1. The molecule has 0 unspecified atom stereocenters. The summed E-state index contributed by atoms with van der Waals surface area (Å²) in [5.74, 6) is -0.914. The standard InChI is InChI=1S/C14H9ClN2O3/c1-8-4-9(7-16)5-13(17-8)20-12-6-10(15)2-3-11(12)14(18)19/h2-6H,1H3,(H,18,19). The maximum atomic E-state index is 11.1. The van der Waals surface area contributed by atoms with Crippen LogP contribution in [0.1, 0.15) is 21.6 Å². The van der Waals surface area contributed by atoms with Crippen molar-refractivity contribution in [3.05, 3.63) is 52.2 Å². The highest BCUT2D eigenvalue weighted by Gasteiger charge is 2.13. The summed E-state index contributed by atoms with van der Waals surface area (Å²) in [4.78, 5) is 15.2. The van der Waals surface area contributed by atoms with Crippen molar-refractivity contribution < 1.29 is 14.6 Å². The third-order valence-electron chi connectivity index (χ3n) is 2.45. The highest BCUT2D eigenvalue weighted by atomic mass is 35.5. The van der Waals surface area contributed by atoms with Crippen LogP contribution in [0, 0.1) is 18.3 Å². The van der Waals surface area contributed by atoms with Crippen LogP contribution in [-0.2, 0) is 0 Å². The van der Waals surface area contributed by atoms with Crippen molar-refractivity contribution in [1.29, 1.82) is 5.26 Å². The van der Waals surface area contributed by atoms with Crippen molar-refractivity contribution in [2.24, 2.45) is 0 Å². The molecule has 0 aliphatic heterocycles. The lowest BCUT2D eigenvalue weighted by Gasteiger charge is -2.09. The van der Waals surface area contributed by atoms with Gasteiger partial charge in [0.15, 0.2) is 0 Å². The highest BCUT2D eigenvalue weighted by Crippen LogP contribution is 2.28. The predicted molar refractivity (Wildman–Crippen MR) is 72.2 cm³/mol. The molecule has 0 bridgehead atoms. The zero-order chi connectivity index (χ0) is 14.7. The molecule has 2 aromatic rings. The third kappa shape index (κ3) is 3.05. The van der Waals surface area contributed by atoms with E-state index in [4.69, 9.17) is 26.7 Å². The highest BCUT2D eigenvalue weighted by molar-refractivity contribution is 6.30. The molecule has 1 aromatic carbocycles. The van der Waals surface area contributed by atoms with E-state index >= 15 is 0 Å². The van der Waals surface area contributed by atoms with Crippen LogP contribution < -0.4 is 4.74 Å². The zero-order valence-electron chi connectivity index (χ0n) is 10.4. The summed E-state index contributed by atoms with van der Waals surface area (Å²) >= 11 is 5.83. The van der Waals surface area contributed by atoms with Crippen molar-refractivity contribution >= 4 is 17.6 Å². The van der Waals surface area contributed by atoms with Crippen molar-refractivity contribution in [2.45, 2.75) is 6.92 Å². The molecule has 0 amide bonds. The van der Waals surface area contributed by atoms with Crippen LogP contribution in [0.2, 0.25) is 5.02 Å². The fraction of sp³-hybridized carbons (Fsp3) is 0.0714. The molecule has 6 heteroatoms. The summed E-state index contributed by atoms with van der Waals surface area (Å²) in [7, 11) is 0. The lowest BCUT2D eigenvalue weighted by atomic mass is 10.2. The molecule has 5 nitrogen and oxygen atoms in total. The Kier molecular flexibility index (Phi) is 3.87. The van der Waals surface area contributed by atoms with Crippen LogP contribution in [0.15, 0.2) is 30.3 Å². The average molecular weight is 289 g/mol. The van der Waals surface area contributed by atoms with Crippen LogP contribution in [-0.4, -0.2) is 16.1 Å². The van der Waals surface area contributed by atoms with Gasteiger partial charge in [0.1, 0.15) is 11.3 Å². The number of carboxylic acid groups (broad SMARTS) is 1. The van der Waals surface area contributed by atoms with E-state index in [-0.39, 0.29) is 17.2 Å². The van der Waals surface area contributed by atoms with Crippen LogP contribution in [0.3, 0.4) is 0 Å². The Balaban J connectivity index is 2.44. The average Bonchev–Trinajstić information content (AvgIpc) is 2.37. The number of aromatic nitrogens is 1. The molecule has 0 atom stereocenters. The van der Waals surface area contributed by atoms with Crippen molar-refractivity contribution in [1.82, 2.24) is 4.98 Å². The SMILES string of the molecule is Cc1cc(C#N)cc(Oc2cc(Cl)ccc2C(=O)O)n1. The van der Waals surface area contributed by atoms with E-state index < -0.39 is 5.97 Å². The molecule has 0 saturated carbocycles. The fourth-order valence-corrected chi connectivity index (χ4v) is 1.79. The van der Waals surface area contributed by atoms with Crippen LogP contribution in [0.4, 0.5) is 0 Å². The normalized spacial score (nSPS) is 9.85. The number of ether oxygens (including phenoxy) is 1. The molecular weight excluding hydrogens is 280 g/mol. The molecule has 1 aromatic heterocycles. The third-order valence-corrected chi connectivity index (χ3v) is 2.68. The molecule has 20 heavy (non-hydrogen) atoms. The van der Waals surface area contributed by atoms with Gasteiger partial charge in [-0.1, -0.05) is 11.6 Å². The van der Waals surface area contributed by atoms with E-state index in [1.165, 1.54) is 24.3 Å². The maximum Gasteiger partial charge on any atom is 0.339 e. The van der Waals surface area contributed by atoms with Crippen LogP contribution >= 0.6 is 11.6 Å². The number of pyridine rings is 1. The van der Waals surface area contributed by atoms with Gasteiger partial charge in [0.25, 0.3) is 0 Å². The number of nitriles is 1. The summed E-state index contributed by atoms with van der Waals surface area (Å²) in [5, 5.41) is 18.3. The first-order valence-corrected chi connectivity index (χ1v) is 5.97. The number of benzene rings is 1. The molecule has 1 N–H and O–H groups in total. The van der Waals surface area contributed by atoms with Gasteiger partial charge in [-0.05, 0) is 25.1 Å². The minimum atomic E-state index is -1.13. The second-order valence-corrected chi connectivity index (χ2v) is 4.43. The molecule has 0 aliphatic rings. The lowest BCUT2D eigenvalue weighted by molar-refractivity contribution is 0.0694. The minimum Gasteiger partial charge on any atom is -0.478 e. The largest absolute Gasteiger partial charge is 0.478 e. The first-order chi connectivity index (χ1) is 9.49. The Morgan fingerprint density at radius 1 is 1.40 bits per heavy atom. The second kappa shape index (κ2) is 5.59. The first kappa shape index (κ1) is 13.8. The molecular formula is C14H9ClN2O3. The number of hydrogen-bond donors (Lipinski definition) is 1. The summed E-state index contributed by atoms with van der Waals surface area (Å²) in [5.41, 5.74) is 0.945. The molecule has 0 aliphatic carbocycles. The Hall–Kier alpha value is -2.58. The summed E-state index contributed by atoms with van der Waals surface area (Å²) in [6.07, 6.45) is 0. The van der Waals surface area contributed by atoms with Gasteiger partial charge >= 0.3 is 5.97 Å². The molecule has 0 saturated heterocycles. The van der Waals surface area contributed by atoms with Crippen molar-refractivity contribution in [3.8, 4) is 17.7 Å². The first-order valence-electron chi connectivity index (χ1n) is 5.59. The number of rotatable bonds is 3. The second-order valence-electron chi connectivity index (χ2n) is 3.99. The summed E-state index contributed by atoms with van der Waals surface area (Å²) in [6.45, 7) is 1.71. The number of nitrogens with zero attached hydrogens (tertiary/aromatic N) is 2. The number of aromatic carboxylic acids is 1. The van der Waals surface area contributed by atoms with E-state index in [0.717, 1.165) is 0 Å². The van der Waals surface area contributed by atoms with Gasteiger partial charge in [-0.15, -0.1) is 0 Å². The van der Waals surface area contributed by atoms with E-state index in [1.54, 1.807) is 13.0 Å². The molecule has 0 radical (unpaired) electrons.